The van der Waals surface area contributed by atoms with E-state index in [0.717, 1.165) is 12.1 Å². The molecule has 0 saturated heterocycles. The zero-order valence-electron chi connectivity index (χ0n) is 33.1. The molecule has 328 valence electrons. The number of aromatic nitrogens is 4. The monoisotopic (exact) mass is 858 g/mol. The molecule has 0 fully saturated rings. The summed E-state index contributed by atoms with van der Waals surface area (Å²) in [5.74, 6) is -6.21. The molecule has 0 spiro atoms. The van der Waals surface area contributed by atoms with E-state index in [1.165, 1.54) is 37.2 Å². The number of fused-ring (bicyclic) bond motifs is 2. The lowest BCUT2D eigenvalue weighted by molar-refractivity contribution is -0.129. The second-order valence-corrected chi connectivity index (χ2v) is 13.6. The highest BCUT2D eigenvalue weighted by molar-refractivity contribution is 6.33. The van der Waals surface area contributed by atoms with Gasteiger partial charge < -0.3 is 74.2 Å². The molecule has 5 rings (SSSR count). The number of aromatic amines is 2. The first-order chi connectivity index (χ1) is 29.8. The molecule has 0 aliphatic heterocycles. The number of carbonyl (C=O) groups is 8. The molecule has 0 saturated carbocycles. The molecule has 2 aromatic carbocycles. The molecule has 1 aliphatic rings. The first kappa shape index (κ1) is 45.2. The van der Waals surface area contributed by atoms with Crippen molar-refractivity contribution in [3.8, 4) is 11.5 Å². The second-order valence-electron chi connectivity index (χ2n) is 13.6. The number of carbonyl (C=O) groups excluding carboxylic acids is 8. The van der Waals surface area contributed by atoms with E-state index < -0.39 is 94.8 Å². The van der Waals surface area contributed by atoms with Crippen LogP contribution in [-0.4, -0.2) is 142 Å². The number of phenolic OH excluding ortho intramolecular Hbond substituents is 2. The summed E-state index contributed by atoms with van der Waals surface area (Å²) in [6, 6.07) is 3.00. The topological polar surface area (TPSA) is 383 Å². The van der Waals surface area contributed by atoms with Gasteiger partial charge in [-0.1, -0.05) is 0 Å². The van der Waals surface area contributed by atoms with Crippen molar-refractivity contribution in [2.24, 2.45) is 11.5 Å². The van der Waals surface area contributed by atoms with Crippen LogP contribution in [0.4, 0.5) is 11.4 Å². The number of benzene rings is 2. The molecule has 16 N–H and O–H groups in total. The van der Waals surface area contributed by atoms with E-state index in [0.29, 0.717) is 11.4 Å². The van der Waals surface area contributed by atoms with Gasteiger partial charge in [-0.3, -0.25) is 38.4 Å². The standard InChI is InChI=1S/C38H46N14O10/c39-11-27(55)47-15-29(57)51-23(9-19-13-41-17-49-19)37(61)45-7-5-43-21-1-2-22(32-31(21)35(59)33-25(53)3-4-26(54)34(33)36(32)60)44-6-8-46-38(62)24(10-20-14-42-18-50-20)52-30(58)16-48-28(56)12-40/h1-4,13-14,17-18,23-24,43-44,53-54H,5-12,15-16,39-40H2,(H,41,49)(H,42,50)(H,45,61)(H,46,62)(H,47,55)(H,48,56)(H,51,57)(H,52,58)/t23-,24+. The molecular formula is C38H46N14O10. The number of anilines is 2. The van der Waals surface area contributed by atoms with Crippen molar-refractivity contribution < 1.29 is 48.6 Å². The molecule has 6 amide bonds. The predicted octanol–water partition coefficient (Wildman–Crippen LogP) is -4.02. The van der Waals surface area contributed by atoms with Crippen LogP contribution in [-0.2, 0) is 41.6 Å². The van der Waals surface area contributed by atoms with Gasteiger partial charge in [0.1, 0.15) is 23.6 Å². The smallest absolute Gasteiger partial charge is 0.243 e. The van der Waals surface area contributed by atoms with Gasteiger partial charge in [0.15, 0.2) is 0 Å². The predicted molar refractivity (Wildman–Crippen MR) is 219 cm³/mol. The number of nitrogens with zero attached hydrogens (tertiary/aromatic N) is 2. The Morgan fingerprint density at radius 2 is 0.968 bits per heavy atom. The summed E-state index contributed by atoms with van der Waals surface area (Å²) in [5, 5.41) is 42.6. The zero-order valence-corrected chi connectivity index (χ0v) is 33.1. The van der Waals surface area contributed by atoms with E-state index in [2.05, 4.69) is 62.5 Å². The largest absolute Gasteiger partial charge is 0.507 e. The Morgan fingerprint density at radius 1 is 0.565 bits per heavy atom. The van der Waals surface area contributed by atoms with Gasteiger partial charge in [0.05, 0.1) is 61.1 Å². The fourth-order valence-electron chi connectivity index (χ4n) is 6.32. The average Bonchev–Trinajstić information content (AvgIpc) is 3.99. The fraction of sp³-hybridized carbons (Fsp3) is 0.316. The number of phenols is 2. The van der Waals surface area contributed by atoms with E-state index in [9.17, 15) is 48.6 Å². The first-order valence-corrected chi connectivity index (χ1v) is 19.1. The molecule has 24 heteroatoms. The lowest BCUT2D eigenvalue weighted by Gasteiger charge is -2.25. The van der Waals surface area contributed by atoms with Gasteiger partial charge in [0.25, 0.3) is 0 Å². The van der Waals surface area contributed by atoms with E-state index in [1.807, 2.05) is 0 Å². The number of rotatable bonds is 22. The lowest BCUT2D eigenvalue weighted by Crippen LogP contribution is -2.51. The molecule has 4 aromatic rings. The molecule has 62 heavy (non-hydrogen) atoms. The van der Waals surface area contributed by atoms with Gasteiger partial charge in [0, 0.05) is 74.2 Å². The summed E-state index contributed by atoms with van der Waals surface area (Å²) < 4.78 is 0. The Morgan fingerprint density at radius 3 is 1.32 bits per heavy atom. The zero-order chi connectivity index (χ0) is 44.8. The van der Waals surface area contributed by atoms with Crippen molar-refractivity contribution in [3.05, 3.63) is 83.0 Å². The number of aromatic hydroxyl groups is 2. The van der Waals surface area contributed by atoms with Crippen molar-refractivity contribution in [3.63, 3.8) is 0 Å². The minimum atomic E-state index is -1.08. The molecule has 24 nitrogen and oxygen atoms in total. The number of ketones is 2. The van der Waals surface area contributed by atoms with Crippen LogP contribution >= 0.6 is 0 Å². The lowest BCUT2D eigenvalue weighted by atomic mass is 9.81. The van der Waals surface area contributed by atoms with Gasteiger partial charge in [-0.05, 0) is 24.3 Å². The maximum Gasteiger partial charge on any atom is 0.243 e. The van der Waals surface area contributed by atoms with Crippen molar-refractivity contribution >= 4 is 58.4 Å². The van der Waals surface area contributed by atoms with Crippen LogP contribution < -0.4 is 54.0 Å². The summed E-state index contributed by atoms with van der Waals surface area (Å²) in [7, 11) is 0. The quantitative estimate of drug-likeness (QED) is 0.0233. The number of hydrogen-bond acceptors (Lipinski definition) is 16. The normalized spacial score (nSPS) is 12.5. The third-order valence-electron chi connectivity index (χ3n) is 9.28. The first-order valence-electron chi connectivity index (χ1n) is 19.1. The molecular weight excluding hydrogens is 813 g/mol. The maximum absolute atomic E-state index is 14.0. The molecule has 2 aromatic heterocycles. The van der Waals surface area contributed by atoms with Crippen molar-refractivity contribution in [2.45, 2.75) is 24.9 Å². The minimum absolute atomic E-state index is 0.00423. The molecule has 0 unspecified atom stereocenters. The van der Waals surface area contributed by atoms with Crippen LogP contribution in [0.3, 0.4) is 0 Å². The molecule has 0 radical (unpaired) electrons. The Bertz CT molecular complexity index is 2140. The van der Waals surface area contributed by atoms with E-state index in [-0.39, 0.29) is 74.6 Å². The Hall–Kier alpha value is -7.86. The number of nitrogens with one attached hydrogen (secondary N) is 10. The minimum Gasteiger partial charge on any atom is -0.507 e. The molecule has 0 bridgehead atoms. The van der Waals surface area contributed by atoms with Crippen LogP contribution in [0, 0.1) is 0 Å². The number of imidazole rings is 2. The van der Waals surface area contributed by atoms with Crippen molar-refractivity contribution in [1.29, 1.82) is 0 Å². The van der Waals surface area contributed by atoms with Gasteiger partial charge >= 0.3 is 0 Å². The van der Waals surface area contributed by atoms with Gasteiger partial charge in [-0.2, -0.15) is 0 Å². The van der Waals surface area contributed by atoms with E-state index in [4.69, 9.17) is 11.5 Å². The number of amides is 6. The Labute approximate surface area is 352 Å². The highest BCUT2D eigenvalue weighted by Crippen LogP contribution is 2.42. The van der Waals surface area contributed by atoms with Crippen LogP contribution in [0.15, 0.2) is 49.3 Å². The van der Waals surface area contributed by atoms with Crippen LogP contribution in [0.2, 0.25) is 0 Å². The number of nitrogens with two attached hydrogens (primary N) is 2. The highest BCUT2D eigenvalue weighted by Gasteiger charge is 2.38. The second kappa shape index (κ2) is 21.4. The SMILES string of the molecule is NCC(=O)NCC(=O)N[C@@H](Cc1cnc[nH]1)C(=O)NCCNc1ccc(NCCNC(=O)[C@@H](Cc2cnc[nH]2)NC(=O)CNC(=O)CN)c2c1C(=O)c1c(O)ccc(O)c1C2=O. The van der Waals surface area contributed by atoms with Crippen molar-refractivity contribution in [2.75, 3.05) is 63.0 Å². The third-order valence-corrected chi connectivity index (χ3v) is 9.28. The van der Waals surface area contributed by atoms with E-state index in [1.54, 1.807) is 0 Å². The van der Waals surface area contributed by atoms with Gasteiger partial charge in [-0.15, -0.1) is 0 Å². The molecule has 2 heterocycles. The van der Waals surface area contributed by atoms with Gasteiger partial charge in [0.2, 0.25) is 47.0 Å². The number of hydrogen-bond donors (Lipinski definition) is 14. The van der Waals surface area contributed by atoms with Crippen LogP contribution in [0.5, 0.6) is 11.5 Å². The molecule has 1 aliphatic carbocycles. The van der Waals surface area contributed by atoms with E-state index >= 15 is 0 Å². The fourth-order valence-corrected chi connectivity index (χ4v) is 6.32. The van der Waals surface area contributed by atoms with Crippen molar-refractivity contribution in [1.82, 2.24) is 51.8 Å². The highest BCUT2D eigenvalue weighted by atomic mass is 16.3. The molecule has 2 atom stereocenters. The Kier molecular flexibility index (Phi) is 15.6. The summed E-state index contributed by atoms with van der Waals surface area (Å²) in [6.07, 6.45) is 5.84. The summed E-state index contributed by atoms with van der Waals surface area (Å²) in [6.45, 7) is -1.54. The number of H-pyrrole nitrogens is 2. The summed E-state index contributed by atoms with van der Waals surface area (Å²) in [4.78, 5) is 116. The van der Waals surface area contributed by atoms with Crippen LogP contribution in [0.1, 0.15) is 43.2 Å². The van der Waals surface area contributed by atoms with Gasteiger partial charge in [-0.25, -0.2) is 9.97 Å². The maximum atomic E-state index is 14.0. The summed E-state index contributed by atoms with van der Waals surface area (Å²) >= 11 is 0. The Balaban J connectivity index is 1.27. The third kappa shape index (κ3) is 11.7. The average molecular weight is 859 g/mol. The van der Waals surface area contributed by atoms with Crippen LogP contribution in [0.25, 0.3) is 0 Å². The summed E-state index contributed by atoms with van der Waals surface area (Å²) in [5.41, 5.74) is 10.8.